The van der Waals surface area contributed by atoms with Crippen molar-refractivity contribution in [3.63, 3.8) is 0 Å². The lowest BCUT2D eigenvalue weighted by molar-refractivity contribution is -0.116. The van der Waals surface area contributed by atoms with E-state index in [0.717, 1.165) is 13.1 Å². The van der Waals surface area contributed by atoms with Gasteiger partial charge in [0.25, 0.3) is 0 Å². The Bertz CT molecular complexity index is 203. The van der Waals surface area contributed by atoms with Gasteiger partial charge >= 0.3 is 0 Å². The number of amides is 1. The first-order valence-corrected chi connectivity index (χ1v) is 4.84. The molecule has 0 bridgehead atoms. The normalized spacial score (nSPS) is 31.1. The molecule has 3 heteroatoms. The summed E-state index contributed by atoms with van der Waals surface area (Å²) in [6.45, 7) is 9.67. The Morgan fingerprint density at radius 2 is 2.31 bits per heavy atom. The minimum absolute atomic E-state index is 0.0594. The van der Waals surface area contributed by atoms with E-state index in [9.17, 15) is 4.79 Å². The fourth-order valence-electron chi connectivity index (χ4n) is 1.63. The molecule has 13 heavy (non-hydrogen) atoms. The second-order valence-electron chi connectivity index (χ2n) is 3.57. The second-order valence-corrected chi connectivity index (χ2v) is 3.57. The maximum atomic E-state index is 11.0. The van der Waals surface area contributed by atoms with Crippen molar-refractivity contribution in [3.05, 3.63) is 12.7 Å². The van der Waals surface area contributed by atoms with Gasteiger partial charge in [0.15, 0.2) is 0 Å². The molecular formula is C10H18N2O. The SMILES string of the molecule is C=CC(=O)NC1C(C)C1CNCC. The molecule has 1 rings (SSSR count). The number of hydrogen-bond donors (Lipinski definition) is 2. The predicted molar refractivity (Wildman–Crippen MR) is 53.3 cm³/mol. The summed E-state index contributed by atoms with van der Waals surface area (Å²) >= 11 is 0. The first-order chi connectivity index (χ1) is 6.20. The highest BCUT2D eigenvalue weighted by atomic mass is 16.1. The zero-order chi connectivity index (χ0) is 9.84. The number of carbonyl (C=O) groups excluding carboxylic acids is 1. The first kappa shape index (κ1) is 10.3. The highest BCUT2D eigenvalue weighted by Crippen LogP contribution is 2.37. The van der Waals surface area contributed by atoms with E-state index in [4.69, 9.17) is 0 Å². The van der Waals surface area contributed by atoms with Crippen molar-refractivity contribution in [1.29, 1.82) is 0 Å². The molecule has 0 spiro atoms. The monoisotopic (exact) mass is 182 g/mol. The number of carbonyl (C=O) groups is 1. The summed E-state index contributed by atoms with van der Waals surface area (Å²) in [6, 6.07) is 0.351. The van der Waals surface area contributed by atoms with Crippen LogP contribution in [0.15, 0.2) is 12.7 Å². The van der Waals surface area contributed by atoms with Gasteiger partial charge in [-0.1, -0.05) is 20.4 Å². The van der Waals surface area contributed by atoms with Gasteiger partial charge in [-0.05, 0) is 24.5 Å². The van der Waals surface area contributed by atoms with E-state index >= 15 is 0 Å². The average molecular weight is 182 g/mol. The highest BCUT2D eigenvalue weighted by Gasteiger charge is 2.46. The molecule has 0 aliphatic heterocycles. The van der Waals surface area contributed by atoms with Crippen LogP contribution in [0.3, 0.4) is 0 Å². The largest absolute Gasteiger partial charge is 0.349 e. The van der Waals surface area contributed by atoms with Crippen LogP contribution >= 0.6 is 0 Å². The average Bonchev–Trinajstić information content (AvgIpc) is 2.73. The Labute approximate surface area is 79.6 Å². The summed E-state index contributed by atoms with van der Waals surface area (Å²) in [6.07, 6.45) is 1.33. The van der Waals surface area contributed by atoms with E-state index in [1.165, 1.54) is 6.08 Å². The van der Waals surface area contributed by atoms with E-state index in [1.54, 1.807) is 0 Å². The van der Waals surface area contributed by atoms with Crippen LogP contribution in [0.2, 0.25) is 0 Å². The van der Waals surface area contributed by atoms with Crippen LogP contribution in [0.1, 0.15) is 13.8 Å². The highest BCUT2D eigenvalue weighted by molar-refractivity contribution is 5.87. The lowest BCUT2D eigenvalue weighted by Gasteiger charge is -2.01. The van der Waals surface area contributed by atoms with E-state index in [0.29, 0.717) is 17.9 Å². The van der Waals surface area contributed by atoms with Crippen molar-refractivity contribution in [2.45, 2.75) is 19.9 Å². The van der Waals surface area contributed by atoms with Crippen LogP contribution in [0.4, 0.5) is 0 Å². The standard InChI is InChI=1S/C10H18N2O/c1-4-9(13)12-10-7(3)8(10)6-11-5-2/h4,7-8,10-11H,1,5-6H2,2-3H3,(H,12,13). The molecule has 0 aromatic rings. The molecule has 1 amide bonds. The molecule has 1 aliphatic rings. The smallest absolute Gasteiger partial charge is 0.243 e. The van der Waals surface area contributed by atoms with Crippen LogP contribution in [0.5, 0.6) is 0 Å². The zero-order valence-corrected chi connectivity index (χ0v) is 8.34. The molecule has 3 unspecified atom stereocenters. The summed E-state index contributed by atoms with van der Waals surface area (Å²) in [5.41, 5.74) is 0. The van der Waals surface area contributed by atoms with Crippen molar-refractivity contribution >= 4 is 5.91 Å². The molecule has 3 nitrogen and oxygen atoms in total. The van der Waals surface area contributed by atoms with Gasteiger partial charge < -0.3 is 10.6 Å². The van der Waals surface area contributed by atoms with Gasteiger partial charge in [0.2, 0.25) is 5.91 Å². The molecule has 3 atom stereocenters. The molecule has 2 N–H and O–H groups in total. The molecule has 1 saturated carbocycles. The van der Waals surface area contributed by atoms with Gasteiger partial charge in [-0.3, -0.25) is 4.79 Å². The maximum absolute atomic E-state index is 11.0. The predicted octanol–water partition coefficient (Wildman–Crippen LogP) is 0.533. The Balaban J connectivity index is 2.23. The van der Waals surface area contributed by atoms with Crippen LogP contribution in [-0.4, -0.2) is 25.0 Å². The van der Waals surface area contributed by atoms with Crippen LogP contribution in [0, 0.1) is 11.8 Å². The Morgan fingerprint density at radius 3 is 2.85 bits per heavy atom. The summed E-state index contributed by atoms with van der Waals surface area (Å²) in [5.74, 6) is 1.14. The van der Waals surface area contributed by atoms with Crippen molar-refractivity contribution in [2.24, 2.45) is 11.8 Å². The zero-order valence-electron chi connectivity index (χ0n) is 8.34. The summed E-state index contributed by atoms with van der Waals surface area (Å²) in [4.78, 5) is 11.0. The van der Waals surface area contributed by atoms with E-state index < -0.39 is 0 Å². The maximum Gasteiger partial charge on any atom is 0.243 e. The summed E-state index contributed by atoms with van der Waals surface area (Å²) < 4.78 is 0. The third kappa shape index (κ3) is 2.56. The van der Waals surface area contributed by atoms with Gasteiger partial charge in [-0.25, -0.2) is 0 Å². The first-order valence-electron chi connectivity index (χ1n) is 4.84. The van der Waals surface area contributed by atoms with Crippen LogP contribution in [0.25, 0.3) is 0 Å². The molecule has 0 saturated heterocycles. The second kappa shape index (κ2) is 4.42. The fraction of sp³-hybridized carbons (Fsp3) is 0.700. The van der Waals surface area contributed by atoms with Gasteiger partial charge in [-0.2, -0.15) is 0 Å². The fourth-order valence-corrected chi connectivity index (χ4v) is 1.63. The Kier molecular flexibility index (Phi) is 3.48. The van der Waals surface area contributed by atoms with E-state index in [-0.39, 0.29) is 5.91 Å². The third-order valence-corrected chi connectivity index (χ3v) is 2.69. The molecule has 0 aromatic carbocycles. The number of hydrogen-bond acceptors (Lipinski definition) is 2. The van der Waals surface area contributed by atoms with Crippen molar-refractivity contribution in [3.8, 4) is 0 Å². The number of rotatable bonds is 5. The molecule has 0 aromatic heterocycles. The van der Waals surface area contributed by atoms with E-state index in [2.05, 4.69) is 31.1 Å². The van der Waals surface area contributed by atoms with Crippen molar-refractivity contribution < 1.29 is 4.79 Å². The van der Waals surface area contributed by atoms with Crippen molar-refractivity contribution in [1.82, 2.24) is 10.6 Å². The van der Waals surface area contributed by atoms with Crippen LogP contribution in [-0.2, 0) is 4.79 Å². The molecule has 1 aliphatic carbocycles. The lowest BCUT2D eigenvalue weighted by Crippen LogP contribution is -2.27. The van der Waals surface area contributed by atoms with Crippen LogP contribution < -0.4 is 10.6 Å². The summed E-state index contributed by atoms with van der Waals surface area (Å²) in [5, 5.41) is 6.20. The third-order valence-electron chi connectivity index (χ3n) is 2.69. The molecule has 0 heterocycles. The molecular weight excluding hydrogens is 164 g/mol. The lowest BCUT2D eigenvalue weighted by atomic mass is 10.3. The quantitative estimate of drug-likeness (QED) is 0.609. The van der Waals surface area contributed by atoms with Gasteiger partial charge in [0.05, 0.1) is 0 Å². The molecule has 1 fully saturated rings. The summed E-state index contributed by atoms with van der Waals surface area (Å²) in [7, 11) is 0. The molecule has 74 valence electrons. The minimum Gasteiger partial charge on any atom is -0.349 e. The van der Waals surface area contributed by atoms with Gasteiger partial charge in [-0.15, -0.1) is 0 Å². The number of nitrogens with one attached hydrogen (secondary N) is 2. The van der Waals surface area contributed by atoms with Gasteiger partial charge in [0, 0.05) is 12.6 Å². The topological polar surface area (TPSA) is 41.1 Å². The Morgan fingerprint density at radius 1 is 1.62 bits per heavy atom. The van der Waals surface area contributed by atoms with Crippen molar-refractivity contribution in [2.75, 3.05) is 13.1 Å². The molecule has 0 radical (unpaired) electrons. The Hall–Kier alpha value is -0.830. The van der Waals surface area contributed by atoms with Gasteiger partial charge in [0.1, 0.15) is 0 Å². The minimum atomic E-state index is -0.0594. The van der Waals surface area contributed by atoms with E-state index in [1.807, 2.05) is 0 Å².